The molecule has 0 aromatic rings. The molecule has 208 valence electrons. The van der Waals surface area contributed by atoms with Crippen LogP contribution in [0.4, 0.5) is 0 Å². The summed E-state index contributed by atoms with van der Waals surface area (Å²) in [5.41, 5.74) is 5.12. The fourth-order valence-electron chi connectivity index (χ4n) is 2.88. The number of carboxylic acid groups (broad SMARTS) is 2. The van der Waals surface area contributed by atoms with Crippen molar-refractivity contribution in [3.8, 4) is 0 Å². The lowest BCUT2D eigenvalue weighted by molar-refractivity contribution is -0.141. The predicted molar refractivity (Wildman–Crippen MR) is 133 cm³/mol. The van der Waals surface area contributed by atoms with Crippen molar-refractivity contribution in [1.82, 2.24) is 21.3 Å². The molecule has 0 aromatic heterocycles. The summed E-state index contributed by atoms with van der Waals surface area (Å²) < 4.78 is 0. The highest BCUT2D eigenvalue weighted by atomic mass is 32.2. The number of carbonyl (C=O) groups excluding carboxylic acids is 6. The molecule has 15 nitrogen and oxygen atoms in total. The van der Waals surface area contributed by atoms with Gasteiger partial charge in [0.1, 0.15) is 24.2 Å². The fraction of sp³-hybridized carbons (Fsp3) is 0.600. The fourth-order valence-corrected chi connectivity index (χ4v) is 3.51. The minimum atomic E-state index is -1.53. The second-order valence-electron chi connectivity index (χ2n) is 7.76. The van der Waals surface area contributed by atoms with Crippen LogP contribution in [-0.2, 0) is 38.4 Å². The molecular weight excluding hydrogens is 534 g/mol. The van der Waals surface area contributed by atoms with Gasteiger partial charge in [-0.15, -0.1) is 12.6 Å². The Balaban J connectivity index is 5.77. The van der Waals surface area contributed by atoms with E-state index < -0.39 is 83.6 Å². The van der Waals surface area contributed by atoms with Crippen molar-refractivity contribution in [1.29, 1.82) is 0 Å². The first kappa shape index (κ1) is 33.7. The number of primary amides is 1. The molecule has 0 unspecified atom stereocenters. The summed E-state index contributed by atoms with van der Waals surface area (Å²) in [6, 6.07) is -5.74. The van der Waals surface area contributed by atoms with E-state index in [4.69, 9.17) is 15.9 Å². The molecule has 0 aliphatic carbocycles. The minimum Gasteiger partial charge on any atom is -0.481 e. The Morgan fingerprint density at radius 1 is 0.757 bits per heavy atom. The Bertz CT molecular complexity index is 885. The van der Waals surface area contributed by atoms with Gasteiger partial charge >= 0.3 is 11.9 Å². The van der Waals surface area contributed by atoms with Crippen LogP contribution in [0.5, 0.6) is 0 Å². The molecule has 0 aliphatic rings. The first-order valence-corrected chi connectivity index (χ1v) is 12.6. The number of carbonyl (C=O) groups is 8. The highest BCUT2D eigenvalue weighted by Gasteiger charge is 2.31. The van der Waals surface area contributed by atoms with Crippen molar-refractivity contribution in [2.75, 3.05) is 12.0 Å². The van der Waals surface area contributed by atoms with E-state index in [1.807, 2.05) is 0 Å². The van der Waals surface area contributed by atoms with Gasteiger partial charge in [0, 0.05) is 13.3 Å². The van der Waals surface area contributed by atoms with E-state index in [0.29, 0.717) is 5.75 Å². The molecule has 0 saturated heterocycles. The summed E-state index contributed by atoms with van der Waals surface area (Å²) in [5, 5.41) is 26.0. The van der Waals surface area contributed by atoms with Crippen LogP contribution in [0.3, 0.4) is 0 Å². The number of nitrogens with one attached hydrogen (secondary N) is 4. The van der Waals surface area contributed by atoms with Gasteiger partial charge < -0.3 is 37.2 Å². The van der Waals surface area contributed by atoms with E-state index in [2.05, 4.69) is 33.9 Å². The van der Waals surface area contributed by atoms with Gasteiger partial charge in [-0.1, -0.05) is 0 Å². The first-order valence-electron chi connectivity index (χ1n) is 10.8. The number of rotatable bonds is 18. The second-order valence-corrected chi connectivity index (χ2v) is 9.18. The van der Waals surface area contributed by atoms with Crippen molar-refractivity contribution in [3.63, 3.8) is 0 Å². The summed E-state index contributed by atoms with van der Waals surface area (Å²) in [6.07, 6.45) is -0.452. The Hall–Kier alpha value is -3.34. The van der Waals surface area contributed by atoms with Gasteiger partial charge in [-0.2, -0.15) is 11.8 Å². The molecule has 0 saturated carbocycles. The van der Waals surface area contributed by atoms with Crippen molar-refractivity contribution >= 4 is 71.0 Å². The average molecular weight is 566 g/mol. The number of thioether (sulfide) groups is 1. The third kappa shape index (κ3) is 14.7. The van der Waals surface area contributed by atoms with E-state index in [9.17, 15) is 38.4 Å². The molecule has 4 atom stereocenters. The highest BCUT2D eigenvalue weighted by molar-refractivity contribution is 7.98. The standard InChI is InChI=1S/C20H31N5O10S2/c1-9(26)22-12(7-15(28)29)19(34)24-11(5-6-37-2)18(33)23-10(3-4-14(21)27)17(32)25-13(20(35)36)8-16(30)31/h10-13H,3-8H2,1-2H3,(H2,21,27)(H,22,26)(H,23,33)(H,24,34)(H,25,32)(H,28,29)(H,30,31)(H,35,36)/t10-,11-,12-,13-/m0/s1. The lowest BCUT2D eigenvalue weighted by Gasteiger charge is -2.25. The topological polar surface area (TPSA) is 251 Å². The molecule has 17 heteroatoms. The number of hydrogen-bond donors (Lipinski definition) is 8. The van der Waals surface area contributed by atoms with Crippen LogP contribution in [0.2, 0.25) is 0 Å². The number of amides is 5. The van der Waals surface area contributed by atoms with Crippen LogP contribution >= 0.6 is 24.4 Å². The van der Waals surface area contributed by atoms with Crippen molar-refractivity contribution in [2.45, 2.75) is 63.2 Å². The molecular formula is C20H31N5O10S2. The third-order valence-electron chi connectivity index (χ3n) is 4.62. The zero-order valence-electron chi connectivity index (χ0n) is 20.1. The van der Waals surface area contributed by atoms with Gasteiger partial charge in [0.2, 0.25) is 34.7 Å². The summed E-state index contributed by atoms with van der Waals surface area (Å²) in [6.45, 7) is 1.08. The third-order valence-corrected chi connectivity index (χ3v) is 5.58. The van der Waals surface area contributed by atoms with Crippen molar-refractivity contribution in [2.24, 2.45) is 5.73 Å². The zero-order chi connectivity index (χ0) is 28.7. The van der Waals surface area contributed by atoms with E-state index in [-0.39, 0.29) is 19.3 Å². The predicted octanol–water partition coefficient (Wildman–Crippen LogP) is -2.63. The molecule has 0 rings (SSSR count). The molecule has 0 spiro atoms. The van der Waals surface area contributed by atoms with Crippen molar-refractivity contribution < 1.29 is 48.6 Å². The Kier molecular flexibility index (Phi) is 15.6. The van der Waals surface area contributed by atoms with Crippen LogP contribution in [0, 0.1) is 0 Å². The van der Waals surface area contributed by atoms with Crippen LogP contribution < -0.4 is 27.0 Å². The molecule has 5 amide bonds. The highest BCUT2D eigenvalue weighted by Crippen LogP contribution is 2.07. The molecule has 0 heterocycles. The quantitative estimate of drug-likeness (QED) is 0.0798. The lowest BCUT2D eigenvalue weighted by Crippen LogP contribution is -2.58. The lowest BCUT2D eigenvalue weighted by atomic mass is 10.1. The van der Waals surface area contributed by atoms with Gasteiger partial charge in [-0.3, -0.25) is 38.4 Å². The van der Waals surface area contributed by atoms with E-state index >= 15 is 0 Å². The number of carboxylic acids is 2. The zero-order valence-corrected chi connectivity index (χ0v) is 21.9. The Morgan fingerprint density at radius 2 is 1.19 bits per heavy atom. The maximum absolute atomic E-state index is 13.0. The van der Waals surface area contributed by atoms with E-state index in [0.717, 1.165) is 6.92 Å². The van der Waals surface area contributed by atoms with Crippen LogP contribution in [0.25, 0.3) is 0 Å². The summed E-state index contributed by atoms with van der Waals surface area (Å²) in [4.78, 5) is 94.6. The van der Waals surface area contributed by atoms with Crippen molar-refractivity contribution in [3.05, 3.63) is 0 Å². The van der Waals surface area contributed by atoms with Gasteiger partial charge in [0.05, 0.1) is 12.8 Å². The summed E-state index contributed by atoms with van der Waals surface area (Å²) >= 11 is 4.86. The SMILES string of the molecule is CSCC[C@H](NC(=O)[C@H](CC(=O)O)NC(C)=O)C(=O)N[C@@H](CCC(N)=O)C(=O)N[C@@H](CC(=O)O)C(=O)S. The van der Waals surface area contributed by atoms with Gasteiger partial charge in [-0.05, 0) is 24.9 Å². The monoisotopic (exact) mass is 565 g/mol. The van der Waals surface area contributed by atoms with Crippen LogP contribution in [0.1, 0.15) is 39.0 Å². The van der Waals surface area contributed by atoms with E-state index in [1.165, 1.54) is 11.8 Å². The second kappa shape index (κ2) is 17.2. The molecule has 8 N–H and O–H groups in total. The molecule has 0 bridgehead atoms. The number of thiol groups is 1. The Morgan fingerprint density at radius 3 is 1.59 bits per heavy atom. The molecule has 0 radical (unpaired) electrons. The minimum absolute atomic E-state index is 0.0412. The van der Waals surface area contributed by atoms with Gasteiger partial charge in [0.25, 0.3) is 0 Å². The molecule has 0 aromatic carbocycles. The normalized spacial score (nSPS) is 13.7. The number of nitrogens with two attached hydrogens (primary N) is 1. The number of hydrogen-bond acceptors (Lipinski definition) is 9. The van der Waals surface area contributed by atoms with Crippen LogP contribution in [-0.4, -0.2) is 93.0 Å². The molecule has 0 fully saturated rings. The summed E-state index contributed by atoms with van der Waals surface area (Å²) in [7, 11) is 0. The van der Waals surface area contributed by atoms with E-state index in [1.54, 1.807) is 6.26 Å². The van der Waals surface area contributed by atoms with Gasteiger partial charge in [-0.25, -0.2) is 0 Å². The maximum Gasteiger partial charge on any atom is 0.305 e. The largest absolute Gasteiger partial charge is 0.481 e. The molecule has 37 heavy (non-hydrogen) atoms. The van der Waals surface area contributed by atoms with Crippen LogP contribution in [0.15, 0.2) is 0 Å². The van der Waals surface area contributed by atoms with Gasteiger partial charge in [0.15, 0.2) is 0 Å². The first-order chi connectivity index (χ1) is 17.2. The number of aliphatic carboxylic acids is 2. The average Bonchev–Trinajstić information content (AvgIpc) is 2.76. The molecule has 0 aliphatic heterocycles. The smallest absolute Gasteiger partial charge is 0.305 e. The maximum atomic E-state index is 13.0. The Labute approximate surface area is 221 Å². The summed E-state index contributed by atoms with van der Waals surface area (Å²) in [5.74, 6) is -6.76.